The van der Waals surface area contributed by atoms with E-state index in [9.17, 15) is 19.2 Å². The van der Waals surface area contributed by atoms with Gasteiger partial charge in [-0.15, -0.1) is 0 Å². The maximum atomic E-state index is 13.3. The van der Waals surface area contributed by atoms with Crippen LogP contribution in [-0.2, 0) is 38.7 Å². The second-order valence-corrected chi connectivity index (χ2v) is 12.9. The predicted octanol–water partition coefficient (Wildman–Crippen LogP) is 4.76. The van der Waals surface area contributed by atoms with Crippen molar-refractivity contribution >= 4 is 34.8 Å². The highest BCUT2D eigenvalue weighted by Crippen LogP contribution is 2.23. The normalized spacial score (nSPS) is 18.5. The Morgan fingerprint density at radius 3 is 2.65 bits per heavy atom. The molecule has 51 heavy (non-hydrogen) atoms. The first-order valence-electron chi connectivity index (χ1n) is 17.5. The summed E-state index contributed by atoms with van der Waals surface area (Å²) in [6.07, 6.45) is 6.77. The van der Waals surface area contributed by atoms with Crippen LogP contribution in [0.4, 0.5) is 4.79 Å². The van der Waals surface area contributed by atoms with Crippen molar-refractivity contribution in [2.45, 2.75) is 71.1 Å². The van der Waals surface area contributed by atoms with Crippen molar-refractivity contribution < 1.29 is 28.7 Å². The fraction of sp³-hybridized carbons (Fsp3) is 0.385. The molecule has 0 radical (unpaired) electrons. The van der Waals surface area contributed by atoms with E-state index in [2.05, 4.69) is 25.3 Å². The number of carbonyl (C=O) groups excluding carboxylic acids is 4. The number of amides is 4. The first-order chi connectivity index (χ1) is 24.7. The van der Waals surface area contributed by atoms with Gasteiger partial charge in [-0.25, -0.2) is 4.79 Å². The number of ether oxygens (including phenoxy) is 2. The summed E-state index contributed by atoms with van der Waals surface area (Å²) >= 11 is 0. The van der Waals surface area contributed by atoms with Crippen molar-refractivity contribution in [1.82, 2.24) is 25.5 Å². The Hall–Kier alpha value is -5.52. The van der Waals surface area contributed by atoms with Crippen molar-refractivity contribution in [3.63, 3.8) is 0 Å². The molecule has 4 amide bonds. The second-order valence-electron chi connectivity index (χ2n) is 12.9. The molecule has 6 rings (SSSR count). The zero-order valence-electron chi connectivity index (χ0n) is 29.0. The number of hydrogen-bond donors (Lipinski definition) is 3. The molecule has 2 aliphatic rings. The first-order valence-corrected chi connectivity index (χ1v) is 17.5. The first kappa shape index (κ1) is 36.8. The van der Waals surface area contributed by atoms with Gasteiger partial charge in [0, 0.05) is 44.9 Å². The van der Waals surface area contributed by atoms with E-state index in [-0.39, 0.29) is 37.2 Å². The Bertz CT molecular complexity index is 1800. The molecule has 1 fully saturated rings. The number of pyridine rings is 2. The minimum Gasteiger partial charge on any atom is -0.494 e. The van der Waals surface area contributed by atoms with Crippen LogP contribution in [0.5, 0.6) is 5.75 Å². The van der Waals surface area contributed by atoms with Crippen LogP contribution in [0.1, 0.15) is 60.8 Å². The van der Waals surface area contributed by atoms with Crippen molar-refractivity contribution in [1.29, 1.82) is 0 Å². The lowest BCUT2D eigenvalue weighted by Crippen LogP contribution is -2.47. The van der Waals surface area contributed by atoms with E-state index in [1.807, 2.05) is 78.6 Å². The molecule has 4 N–H and O–H groups in total. The summed E-state index contributed by atoms with van der Waals surface area (Å²) < 4.78 is 10.6. The van der Waals surface area contributed by atoms with Crippen molar-refractivity contribution in [3.05, 3.63) is 101 Å². The van der Waals surface area contributed by atoms with Crippen LogP contribution in [0.2, 0.25) is 0 Å². The molecule has 1 saturated heterocycles. The number of nitrogens with one attached hydrogen (secondary N) is 2. The Balaban J connectivity index is 0.000000392. The maximum Gasteiger partial charge on any atom is 0.404 e. The fourth-order valence-electron chi connectivity index (χ4n) is 6.19. The largest absolute Gasteiger partial charge is 0.494 e. The molecule has 2 aliphatic heterocycles. The topological polar surface area (TPSA) is 166 Å². The quantitative estimate of drug-likeness (QED) is 0.269. The van der Waals surface area contributed by atoms with Crippen LogP contribution in [0.15, 0.2) is 79.1 Å². The average molecular weight is 695 g/mol. The van der Waals surface area contributed by atoms with Crippen molar-refractivity contribution in [2.75, 3.05) is 19.7 Å². The highest BCUT2D eigenvalue weighted by Gasteiger charge is 2.26. The van der Waals surface area contributed by atoms with E-state index in [0.717, 1.165) is 64.8 Å². The lowest BCUT2D eigenvalue weighted by atomic mass is 9.95. The molecule has 2 unspecified atom stereocenters. The minimum absolute atomic E-state index is 0.0131. The van der Waals surface area contributed by atoms with E-state index in [1.54, 1.807) is 12.4 Å². The highest BCUT2D eigenvalue weighted by molar-refractivity contribution is 5.89. The third-order valence-electron chi connectivity index (χ3n) is 9.11. The molecular weight excluding hydrogens is 648 g/mol. The third-order valence-corrected chi connectivity index (χ3v) is 9.11. The lowest BCUT2D eigenvalue weighted by molar-refractivity contribution is -0.135. The van der Waals surface area contributed by atoms with Crippen LogP contribution in [0.3, 0.4) is 0 Å². The number of piperidine rings is 1. The smallest absolute Gasteiger partial charge is 0.404 e. The zero-order chi connectivity index (χ0) is 36.0. The average Bonchev–Trinajstić information content (AvgIpc) is 3.15. The molecule has 4 bridgehead atoms. The minimum atomic E-state index is -0.750. The van der Waals surface area contributed by atoms with Crippen LogP contribution < -0.4 is 21.1 Å². The van der Waals surface area contributed by atoms with Crippen LogP contribution >= 0.6 is 0 Å². The molecule has 12 nitrogen and oxygen atoms in total. The summed E-state index contributed by atoms with van der Waals surface area (Å²) in [6, 6.07) is 20.2. The molecule has 268 valence electrons. The van der Waals surface area contributed by atoms with Crippen LogP contribution in [0.25, 0.3) is 11.0 Å². The van der Waals surface area contributed by atoms with Gasteiger partial charge in [-0.3, -0.25) is 24.4 Å². The number of aromatic nitrogens is 2. The number of aryl methyl sites for hydroxylation is 2. The molecule has 4 aromatic rings. The van der Waals surface area contributed by atoms with Gasteiger partial charge in [0.1, 0.15) is 18.4 Å². The van der Waals surface area contributed by atoms with Crippen LogP contribution in [-0.4, -0.2) is 64.4 Å². The molecule has 0 aliphatic carbocycles. The predicted molar refractivity (Wildman–Crippen MR) is 192 cm³/mol. The van der Waals surface area contributed by atoms with Gasteiger partial charge >= 0.3 is 6.09 Å². The number of hydrogen-bond acceptors (Lipinski definition) is 8. The summed E-state index contributed by atoms with van der Waals surface area (Å²) in [6.45, 7) is 4.57. The van der Waals surface area contributed by atoms with Gasteiger partial charge in [0.25, 0.3) is 0 Å². The van der Waals surface area contributed by atoms with Gasteiger partial charge in [-0.1, -0.05) is 36.4 Å². The number of rotatable bonds is 5. The molecule has 0 spiro atoms. The van der Waals surface area contributed by atoms with Gasteiger partial charge in [0.2, 0.25) is 17.7 Å². The molecule has 2 atom stereocenters. The Labute approximate surface area is 298 Å². The number of benzene rings is 2. The summed E-state index contributed by atoms with van der Waals surface area (Å²) in [4.78, 5) is 60.1. The Morgan fingerprint density at radius 1 is 0.980 bits per heavy atom. The summed E-state index contributed by atoms with van der Waals surface area (Å²) in [5.41, 5.74) is 10.3. The maximum absolute atomic E-state index is 13.3. The van der Waals surface area contributed by atoms with Gasteiger partial charge in [0.05, 0.1) is 17.6 Å². The van der Waals surface area contributed by atoms with Gasteiger partial charge in [-0.2, -0.15) is 0 Å². The van der Waals surface area contributed by atoms with E-state index in [1.165, 1.54) is 0 Å². The van der Waals surface area contributed by atoms with Crippen molar-refractivity contribution in [2.24, 2.45) is 11.7 Å². The number of fused-ring (bicyclic) bond motifs is 5. The summed E-state index contributed by atoms with van der Waals surface area (Å²) in [5.74, 6) is 0.576. The number of nitrogens with two attached hydrogens (primary N) is 1. The molecular formula is C39H46N6O6. The third kappa shape index (κ3) is 11.5. The molecule has 4 heterocycles. The zero-order valence-corrected chi connectivity index (χ0v) is 29.0. The van der Waals surface area contributed by atoms with Gasteiger partial charge in [-0.05, 0) is 97.5 Å². The molecule has 12 heteroatoms. The van der Waals surface area contributed by atoms with E-state index >= 15 is 0 Å². The Morgan fingerprint density at radius 2 is 1.82 bits per heavy atom. The fourth-order valence-corrected chi connectivity index (χ4v) is 6.19. The van der Waals surface area contributed by atoms with Crippen LogP contribution in [0, 0.1) is 12.8 Å². The monoisotopic (exact) mass is 694 g/mol. The second kappa shape index (κ2) is 18.5. The highest BCUT2D eigenvalue weighted by atomic mass is 16.5. The number of primary amides is 1. The number of nitrogens with zero attached hydrogens (tertiary/aromatic N) is 3. The summed E-state index contributed by atoms with van der Waals surface area (Å²) in [7, 11) is 0. The SMILES string of the molecule is Cc1ccc2cc1CNC(=O)C(CCc1cnc3cccnc3c1)NC(=O)CCC(=O)N1CCCC(CCO2)C1.NC(=O)OCc1ccccc1. The Kier molecular flexibility index (Phi) is 13.3. The van der Waals surface area contributed by atoms with E-state index < -0.39 is 12.1 Å². The van der Waals surface area contributed by atoms with Gasteiger partial charge in [0.15, 0.2) is 0 Å². The van der Waals surface area contributed by atoms with E-state index in [4.69, 9.17) is 10.5 Å². The van der Waals surface area contributed by atoms with E-state index in [0.29, 0.717) is 38.5 Å². The molecule has 2 aromatic heterocycles. The molecule has 0 saturated carbocycles. The van der Waals surface area contributed by atoms with Crippen molar-refractivity contribution in [3.8, 4) is 5.75 Å². The lowest BCUT2D eigenvalue weighted by Gasteiger charge is -2.33. The standard InChI is InChI=1S/C31H37N5O4.C8H9NO2/c1-21-6-8-25-17-24(21)19-34-31(39)27(9-7-23-16-28-26(33-18-23)5-2-13-32-28)35-29(37)10-11-30(38)36-14-3-4-22(20-36)12-15-40-25;9-8(10)11-6-7-4-2-1-3-5-7/h2,5-6,8,13,16-18,22,27H,3-4,7,9-12,14-15,19-20H2,1H3,(H,34,39)(H,35,37);1-5H,6H2,(H2,9,10). The van der Waals surface area contributed by atoms with Gasteiger partial charge < -0.3 is 30.7 Å². The molecule has 2 aromatic carbocycles. The summed E-state index contributed by atoms with van der Waals surface area (Å²) in [5, 5.41) is 5.90. The number of carbonyl (C=O) groups is 4.